The number of benzene rings is 1. The third kappa shape index (κ3) is 2.44. The van der Waals surface area contributed by atoms with Crippen molar-refractivity contribution in [2.24, 2.45) is 0 Å². The summed E-state index contributed by atoms with van der Waals surface area (Å²) in [6.45, 7) is -0.342. The van der Waals surface area contributed by atoms with Crippen LogP contribution in [0.2, 0.25) is 0 Å². The van der Waals surface area contributed by atoms with E-state index in [1.807, 2.05) is 0 Å². The van der Waals surface area contributed by atoms with Crippen molar-refractivity contribution in [3.63, 3.8) is 0 Å². The average molecular weight is 196 g/mol. The van der Waals surface area contributed by atoms with Gasteiger partial charge in [0.1, 0.15) is 12.2 Å². The largest absolute Gasteiger partial charge is 0.480 e. The second-order valence-corrected chi connectivity index (χ2v) is 2.52. The molecule has 0 aliphatic carbocycles. The molecule has 0 spiro atoms. The number of nitrogens with one attached hydrogen (secondary N) is 1. The van der Waals surface area contributed by atoms with E-state index in [0.29, 0.717) is 0 Å². The maximum atomic E-state index is 10.5. The van der Waals surface area contributed by atoms with Crippen molar-refractivity contribution in [2.45, 2.75) is 0 Å². The average Bonchev–Trinajstić information content (AvgIpc) is 2.15. The summed E-state index contributed by atoms with van der Waals surface area (Å²) in [4.78, 5) is 20.1. The number of nitrogens with zero attached hydrogens (tertiary/aromatic N) is 1. The number of carboxylic acids is 1. The third-order valence-corrected chi connectivity index (χ3v) is 1.53. The Kier molecular flexibility index (Phi) is 3.01. The van der Waals surface area contributed by atoms with Gasteiger partial charge in [0.05, 0.1) is 4.92 Å². The van der Waals surface area contributed by atoms with E-state index < -0.39 is 10.9 Å². The monoisotopic (exact) mass is 196 g/mol. The Hall–Kier alpha value is -2.11. The van der Waals surface area contributed by atoms with E-state index in [0.717, 1.165) is 0 Å². The number of aliphatic carboxylic acids is 1. The number of anilines is 1. The Bertz CT molecular complexity index is 364. The number of para-hydroxylation sites is 2. The summed E-state index contributed by atoms with van der Waals surface area (Å²) in [5.74, 6) is -1.07. The van der Waals surface area contributed by atoms with Crippen LogP contribution in [0.3, 0.4) is 0 Å². The van der Waals surface area contributed by atoms with E-state index in [-0.39, 0.29) is 17.9 Å². The molecule has 0 saturated carbocycles. The van der Waals surface area contributed by atoms with Gasteiger partial charge >= 0.3 is 5.97 Å². The fourth-order valence-corrected chi connectivity index (χ4v) is 0.953. The van der Waals surface area contributed by atoms with Crippen LogP contribution in [-0.4, -0.2) is 22.5 Å². The van der Waals surface area contributed by atoms with Crippen LogP contribution < -0.4 is 5.32 Å². The Morgan fingerprint density at radius 1 is 1.50 bits per heavy atom. The minimum atomic E-state index is -1.07. The van der Waals surface area contributed by atoms with Gasteiger partial charge < -0.3 is 10.4 Å². The summed E-state index contributed by atoms with van der Waals surface area (Å²) in [6, 6.07) is 5.88. The molecule has 0 heterocycles. The van der Waals surface area contributed by atoms with Crippen molar-refractivity contribution >= 4 is 17.3 Å². The maximum Gasteiger partial charge on any atom is 0.322 e. The molecule has 74 valence electrons. The lowest BCUT2D eigenvalue weighted by Crippen LogP contribution is -2.13. The van der Waals surface area contributed by atoms with Gasteiger partial charge in [0, 0.05) is 6.07 Å². The second kappa shape index (κ2) is 4.22. The highest BCUT2D eigenvalue weighted by Crippen LogP contribution is 2.22. The van der Waals surface area contributed by atoms with Crippen molar-refractivity contribution < 1.29 is 14.8 Å². The summed E-state index contributed by atoms with van der Waals surface area (Å²) in [5.41, 5.74) is 0.0775. The first-order valence-corrected chi connectivity index (χ1v) is 3.80. The molecular weight excluding hydrogens is 188 g/mol. The normalized spacial score (nSPS) is 9.43. The summed E-state index contributed by atoms with van der Waals surface area (Å²) >= 11 is 0. The van der Waals surface area contributed by atoms with Crippen LogP contribution in [0, 0.1) is 10.1 Å². The molecule has 0 unspecified atom stereocenters. The van der Waals surface area contributed by atoms with Gasteiger partial charge in [0.2, 0.25) is 0 Å². The van der Waals surface area contributed by atoms with Crippen molar-refractivity contribution in [1.29, 1.82) is 0 Å². The predicted molar refractivity (Wildman–Crippen MR) is 49.2 cm³/mol. The molecule has 1 rings (SSSR count). The summed E-state index contributed by atoms with van der Waals surface area (Å²) in [7, 11) is 0. The van der Waals surface area contributed by atoms with E-state index in [4.69, 9.17) is 5.11 Å². The van der Waals surface area contributed by atoms with Crippen LogP contribution in [0.25, 0.3) is 0 Å². The van der Waals surface area contributed by atoms with Gasteiger partial charge in [0.25, 0.3) is 5.69 Å². The number of carbonyl (C=O) groups is 1. The topological polar surface area (TPSA) is 92.5 Å². The van der Waals surface area contributed by atoms with Crippen LogP contribution in [-0.2, 0) is 4.79 Å². The molecule has 0 fully saturated rings. The third-order valence-electron chi connectivity index (χ3n) is 1.53. The molecule has 0 amide bonds. The molecule has 0 saturated heterocycles. The Balaban J connectivity index is 2.84. The smallest absolute Gasteiger partial charge is 0.322 e. The number of rotatable bonds is 4. The van der Waals surface area contributed by atoms with Crippen LogP contribution in [0.5, 0.6) is 0 Å². The van der Waals surface area contributed by atoms with Gasteiger partial charge in [0.15, 0.2) is 0 Å². The number of carboxylic acid groups (broad SMARTS) is 1. The quantitative estimate of drug-likeness (QED) is 0.555. The maximum absolute atomic E-state index is 10.5. The fraction of sp³-hybridized carbons (Fsp3) is 0.125. The number of hydrogen-bond acceptors (Lipinski definition) is 4. The molecule has 0 radical (unpaired) electrons. The molecule has 1 aromatic rings. The summed E-state index contributed by atoms with van der Waals surface area (Å²) < 4.78 is 0. The van der Waals surface area contributed by atoms with Gasteiger partial charge in [-0.25, -0.2) is 0 Å². The first-order valence-electron chi connectivity index (χ1n) is 3.80. The summed E-state index contributed by atoms with van der Waals surface area (Å²) in [6.07, 6.45) is 0. The zero-order valence-electron chi connectivity index (χ0n) is 7.14. The van der Waals surface area contributed by atoms with Crippen molar-refractivity contribution in [2.75, 3.05) is 11.9 Å². The minimum absolute atomic E-state index is 0.131. The molecule has 0 bridgehead atoms. The molecule has 0 aliphatic heterocycles. The van der Waals surface area contributed by atoms with Crippen LogP contribution in [0.4, 0.5) is 11.4 Å². The molecule has 6 heteroatoms. The van der Waals surface area contributed by atoms with Gasteiger partial charge in [-0.05, 0) is 6.07 Å². The Morgan fingerprint density at radius 3 is 2.71 bits per heavy atom. The first kappa shape index (κ1) is 9.97. The first-order chi connectivity index (χ1) is 6.61. The lowest BCUT2D eigenvalue weighted by molar-refractivity contribution is -0.383. The van der Waals surface area contributed by atoms with E-state index in [9.17, 15) is 14.9 Å². The number of nitro benzene ring substituents is 1. The second-order valence-electron chi connectivity index (χ2n) is 2.52. The molecule has 1 aromatic carbocycles. The lowest BCUT2D eigenvalue weighted by Gasteiger charge is -2.02. The molecule has 14 heavy (non-hydrogen) atoms. The highest BCUT2D eigenvalue weighted by molar-refractivity contribution is 5.74. The van der Waals surface area contributed by atoms with Gasteiger partial charge in [-0.15, -0.1) is 0 Å². The standard InChI is InChI=1S/C8H8N2O4/c11-8(12)5-9-6-3-1-2-4-7(6)10(13)14/h1-4,9H,5H2,(H,11,12). The molecule has 0 aromatic heterocycles. The van der Waals surface area contributed by atoms with Crippen LogP contribution in [0.15, 0.2) is 24.3 Å². The Labute approximate surface area is 79.3 Å². The van der Waals surface area contributed by atoms with E-state index in [1.165, 1.54) is 18.2 Å². The van der Waals surface area contributed by atoms with Crippen molar-refractivity contribution in [1.82, 2.24) is 0 Å². The van der Waals surface area contributed by atoms with Gasteiger partial charge in [-0.3, -0.25) is 14.9 Å². The van der Waals surface area contributed by atoms with E-state index in [1.54, 1.807) is 6.07 Å². The fourth-order valence-electron chi connectivity index (χ4n) is 0.953. The number of nitro groups is 1. The lowest BCUT2D eigenvalue weighted by atomic mass is 10.2. The molecule has 0 atom stereocenters. The van der Waals surface area contributed by atoms with E-state index >= 15 is 0 Å². The molecule has 6 nitrogen and oxygen atoms in total. The highest BCUT2D eigenvalue weighted by Gasteiger charge is 2.12. The van der Waals surface area contributed by atoms with E-state index in [2.05, 4.69) is 5.32 Å². The zero-order valence-corrected chi connectivity index (χ0v) is 7.14. The zero-order chi connectivity index (χ0) is 10.6. The van der Waals surface area contributed by atoms with Crippen molar-refractivity contribution in [3.8, 4) is 0 Å². The van der Waals surface area contributed by atoms with Crippen LogP contribution >= 0.6 is 0 Å². The highest BCUT2D eigenvalue weighted by atomic mass is 16.6. The molecule has 0 aliphatic rings. The number of hydrogen-bond donors (Lipinski definition) is 2. The summed E-state index contributed by atoms with van der Waals surface area (Å²) in [5, 5.41) is 21.3. The van der Waals surface area contributed by atoms with Crippen molar-refractivity contribution in [3.05, 3.63) is 34.4 Å². The molecule has 2 N–H and O–H groups in total. The SMILES string of the molecule is O=C(O)CNc1ccccc1[N+](=O)[O-]. The predicted octanol–water partition coefficient (Wildman–Crippen LogP) is 1.09. The van der Waals surface area contributed by atoms with Gasteiger partial charge in [-0.1, -0.05) is 12.1 Å². The molecular formula is C8H8N2O4. The minimum Gasteiger partial charge on any atom is -0.480 e. The van der Waals surface area contributed by atoms with Gasteiger partial charge in [-0.2, -0.15) is 0 Å². The Morgan fingerprint density at radius 2 is 2.14 bits per heavy atom. The van der Waals surface area contributed by atoms with Crippen LogP contribution in [0.1, 0.15) is 0 Å².